The van der Waals surface area contributed by atoms with Gasteiger partial charge in [0.05, 0.1) is 5.92 Å². The number of benzene rings is 1. The molecule has 3 aromatic rings. The van der Waals surface area contributed by atoms with Gasteiger partial charge in [-0.05, 0) is 34.2 Å². The molecule has 176 valence electrons. The third kappa shape index (κ3) is 5.97. The average molecular weight is 472 g/mol. The van der Waals surface area contributed by atoms with E-state index in [4.69, 9.17) is 5.73 Å². The molecule has 0 aliphatic rings. The van der Waals surface area contributed by atoms with E-state index in [0.29, 0.717) is 17.5 Å². The lowest BCUT2D eigenvalue weighted by Crippen LogP contribution is -2.49. The summed E-state index contributed by atoms with van der Waals surface area (Å²) in [6, 6.07) is 2.94. The quantitative estimate of drug-likeness (QED) is 0.455. The standard InChI is InChI=1S/C19H17F5N6O3/c20-18(21,22)9-33-14-5-2-11(3-6-14)12-1-4-13(26-8-12)7-15(16(25)17(31)32)19(23,24)30-10-27-28-29-30/h1-6,8,10,15-16H,7,9,25H2,(H,31,32). The highest BCUT2D eigenvalue weighted by molar-refractivity contribution is 5.73. The van der Waals surface area contributed by atoms with Gasteiger partial charge >= 0.3 is 18.2 Å². The molecule has 0 aliphatic heterocycles. The SMILES string of the molecule is NC(C(=O)O)C(Cc1ccc(-c2ccc(OCC(F)(F)F)cc2)cn1)C(F)(F)n1cnnn1. The molecule has 33 heavy (non-hydrogen) atoms. The first-order valence-corrected chi connectivity index (χ1v) is 9.32. The molecule has 0 radical (unpaired) electrons. The zero-order valence-corrected chi connectivity index (χ0v) is 16.7. The van der Waals surface area contributed by atoms with Gasteiger partial charge in [-0.1, -0.05) is 18.2 Å². The fourth-order valence-corrected chi connectivity index (χ4v) is 2.96. The summed E-state index contributed by atoms with van der Waals surface area (Å²) in [5, 5.41) is 18.6. The Labute approximate surface area is 183 Å². The van der Waals surface area contributed by atoms with Crippen molar-refractivity contribution in [3.63, 3.8) is 0 Å². The minimum Gasteiger partial charge on any atom is -0.484 e. The predicted molar refractivity (Wildman–Crippen MR) is 102 cm³/mol. The highest BCUT2D eigenvalue weighted by Crippen LogP contribution is 2.34. The van der Waals surface area contributed by atoms with Gasteiger partial charge in [-0.25, -0.2) is 0 Å². The van der Waals surface area contributed by atoms with E-state index in [9.17, 15) is 31.9 Å². The zero-order chi connectivity index (χ0) is 24.2. The van der Waals surface area contributed by atoms with Crippen LogP contribution in [0.5, 0.6) is 5.75 Å². The number of rotatable bonds is 9. The average Bonchev–Trinajstić information content (AvgIpc) is 3.32. The number of hydrogen-bond acceptors (Lipinski definition) is 7. The van der Waals surface area contributed by atoms with Crippen molar-refractivity contribution in [1.82, 2.24) is 25.2 Å². The van der Waals surface area contributed by atoms with Crippen LogP contribution in [-0.2, 0) is 17.3 Å². The van der Waals surface area contributed by atoms with Crippen LogP contribution < -0.4 is 10.5 Å². The first-order chi connectivity index (χ1) is 15.5. The predicted octanol–water partition coefficient (Wildman–Crippen LogP) is 2.50. The third-order valence-corrected chi connectivity index (χ3v) is 4.66. The molecule has 2 atom stereocenters. The normalized spacial score (nSPS) is 14.0. The van der Waals surface area contributed by atoms with Crippen molar-refractivity contribution in [3.05, 3.63) is 54.6 Å². The van der Waals surface area contributed by atoms with Crippen molar-refractivity contribution in [2.75, 3.05) is 6.61 Å². The lowest BCUT2D eigenvalue weighted by Gasteiger charge is -2.28. The summed E-state index contributed by atoms with van der Waals surface area (Å²) >= 11 is 0. The summed E-state index contributed by atoms with van der Waals surface area (Å²) in [7, 11) is 0. The van der Waals surface area contributed by atoms with E-state index in [-0.39, 0.29) is 16.1 Å². The Morgan fingerprint density at radius 1 is 1.09 bits per heavy atom. The molecule has 14 heteroatoms. The maximum atomic E-state index is 14.8. The molecule has 0 bridgehead atoms. The molecule has 2 unspecified atom stereocenters. The second kappa shape index (κ2) is 9.44. The van der Waals surface area contributed by atoms with Crippen LogP contribution in [0.4, 0.5) is 22.0 Å². The molecule has 0 aliphatic carbocycles. The minimum absolute atomic E-state index is 0.0241. The van der Waals surface area contributed by atoms with Gasteiger partial charge in [0.15, 0.2) is 6.61 Å². The smallest absolute Gasteiger partial charge is 0.422 e. The number of tetrazole rings is 1. The molecule has 0 saturated heterocycles. The lowest BCUT2D eigenvalue weighted by atomic mass is 9.92. The van der Waals surface area contributed by atoms with Crippen LogP contribution in [0.1, 0.15) is 5.69 Å². The Morgan fingerprint density at radius 3 is 2.27 bits per heavy atom. The monoisotopic (exact) mass is 472 g/mol. The number of carboxylic acids is 1. The highest BCUT2D eigenvalue weighted by Gasteiger charge is 2.48. The molecular formula is C19H17F5N6O3. The number of aliphatic carboxylic acids is 1. The number of carboxylic acid groups (broad SMARTS) is 1. The van der Waals surface area contributed by atoms with Crippen LogP contribution >= 0.6 is 0 Å². The summed E-state index contributed by atoms with van der Waals surface area (Å²) in [5.74, 6) is -3.52. The summed E-state index contributed by atoms with van der Waals surface area (Å²) in [6.07, 6.45) is -2.94. The maximum absolute atomic E-state index is 14.8. The van der Waals surface area contributed by atoms with Gasteiger partial charge in [-0.2, -0.15) is 26.6 Å². The highest BCUT2D eigenvalue weighted by atomic mass is 19.4. The second-order valence-electron chi connectivity index (χ2n) is 6.98. The maximum Gasteiger partial charge on any atom is 0.422 e. The molecule has 3 N–H and O–H groups in total. The summed E-state index contributed by atoms with van der Waals surface area (Å²) < 4.78 is 71.1. The van der Waals surface area contributed by atoms with Gasteiger partial charge < -0.3 is 15.6 Å². The fraction of sp³-hybridized carbons (Fsp3) is 0.316. The molecule has 9 nitrogen and oxygen atoms in total. The van der Waals surface area contributed by atoms with E-state index in [2.05, 4.69) is 25.2 Å². The number of halogens is 5. The van der Waals surface area contributed by atoms with Crippen molar-refractivity contribution in [3.8, 4) is 16.9 Å². The Balaban J connectivity index is 1.76. The molecule has 2 heterocycles. The molecule has 0 spiro atoms. The van der Waals surface area contributed by atoms with E-state index in [1.165, 1.54) is 36.5 Å². The van der Waals surface area contributed by atoms with Crippen molar-refractivity contribution >= 4 is 5.97 Å². The van der Waals surface area contributed by atoms with E-state index in [1.807, 2.05) is 0 Å². The van der Waals surface area contributed by atoms with Gasteiger partial charge in [-0.3, -0.25) is 9.78 Å². The van der Waals surface area contributed by atoms with Crippen molar-refractivity contribution in [1.29, 1.82) is 0 Å². The van der Waals surface area contributed by atoms with Crippen molar-refractivity contribution in [2.24, 2.45) is 11.7 Å². The van der Waals surface area contributed by atoms with Crippen molar-refractivity contribution < 1.29 is 36.6 Å². The topological polar surface area (TPSA) is 129 Å². The second-order valence-corrected chi connectivity index (χ2v) is 6.98. The lowest BCUT2D eigenvalue weighted by molar-refractivity contribution is -0.167. The molecule has 3 rings (SSSR count). The number of pyridine rings is 1. The molecule has 0 amide bonds. The first-order valence-electron chi connectivity index (χ1n) is 9.32. The fourth-order valence-electron chi connectivity index (χ4n) is 2.96. The third-order valence-electron chi connectivity index (χ3n) is 4.66. The Morgan fingerprint density at radius 2 is 1.76 bits per heavy atom. The largest absolute Gasteiger partial charge is 0.484 e. The van der Waals surface area contributed by atoms with Crippen LogP contribution in [0.15, 0.2) is 48.9 Å². The van der Waals surface area contributed by atoms with Gasteiger partial charge in [0.2, 0.25) is 0 Å². The van der Waals surface area contributed by atoms with Crippen LogP contribution in [0.3, 0.4) is 0 Å². The van der Waals surface area contributed by atoms with Crippen LogP contribution in [-0.4, -0.2) is 55.1 Å². The number of alkyl halides is 5. The minimum atomic E-state index is -4.46. The van der Waals surface area contributed by atoms with E-state index >= 15 is 0 Å². The van der Waals surface area contributed by atoms with Crippen LogP contribution in [0, 0.1) is 5.92 Å². The molecular weight excluding hydrogens is 455 g/mol. The Bertz CT molecular complexity index is 1060. The summed E-state index contributed by atoms with van der Waals surface area (Å²) in [6.45, 7) is -1.42. The van der Waals surface area contributed by atoms with Gasteiger partial charge in [0.25, 0.3) is 0 Å². The Hall–Kier alpha value is -3.68. The van der Waals surface area contributed by atoms with Crippen molar-refractivity contribution in [2.45, 2.75) is 24.7 Å². The van der Waals surface area contributed by atoms with Crippen LogP contribution in [0.2, 0.25) is 0 Å². The number of aromatic nitrogens is 5. The Kier molecular flexibility index (Phi) is 6.86. The summed E-state index contributed by atoms with van der Waals surface area (Å²) in [5.41, 5.74) is 6.79. The number of carbonyl (C=O) groups is 1. The van der Waals surface area contributed by atoms with Crippen LogP contribution in [0.25, 0.3) is 11.1 Å². The van der Waals surface area contributed by atoms with E-state index < -0.39 is 43.2 Å². The molecule has 2 aromatic heterocycles. The zero-order valence-electron chi connectivity index (χ0n) is 16.7. The van der Waals surface area contributed by atoms with E-state index in [1.54, 1.807) is 6.07 Å². The van der Waals surface area contributed by atoms with E-state index in [0.717, 1.165) is 0 Å². The number of ether oxygens (including phenoxy) is 1. The molecule has 1 aromatic carbocycles. The number of hydrogen-bond donors (Lipinski definition) is 2. The first kappa shape index (κ1) is 24.0. The van der Waals surface area contributed by atoms with Gasteiger partial charge in [-0.15, -0.1) is 5.10 Å². The summed E-state index contributed by atoms with van der Waals surface area (Å²) in [4.78, 5) is 15.4. The molecule has 0 saturated carbocycles. The van der Waals surface area contributed by atoms with Gasteiger partial charge in [0, 0.05) is 23.9 Å². The number of nitrogens with two attached hydrogens (primary N) is 1. The number of nitrogens with zero attached hydrogens (tertiary/aromatic N) is 5. The molecule has 0 fully saturated rings. The van der Waals surface area contributed by atoms with Gasteiger partial charge in [0.1, 0.15) is 18.1 Å².